The Hall–Kier alpha value is -0.970. The van der Waals surface area contributed by atoms with E-state index < -0.39 is 0 Å². The minimum Gasteiger partial charge on any atom is -0.489 e. The Morgan fingerprint density at radius 2 is 2.00 bits per heavy atom. The highest BCUT2D eigenvalue weighted by atomic mass is 35.5. The third kappa shape index (κ3) is 4.02. The third-order valence-electron chi connectivity index (χ3n) is 3.76. The van der Waals surface area contributed by atoms with Crippen LogP contribution < -0.4 is 4.74 Å². The summed E-state index contributed by atoms with van der Waals surface area (Å²) < 4.78 is 10.5. The zero-order valence-corrected chi connectivity index (χ0v) is 13.7. The van der Waals surface area contributed by atoms with E-state index in [9.17, 15) is 4.79 Å². The minimum absolute atomic E-state index is 0.0566. The summed E-state index contributed by atoms with van der Waals surface area (Å²) in [4.78, 5) is 13.8. The van der Waals surface area contributed by atoms with Crippen molar-refractivity contribution in [2.75, 3.05) is 33.4 Å². The first-order chi connectivity index (χ1) is 10.0. The van der Waals surface area contributed by atoms with Crippen molar-refractivity contribution in [3.05, 3.63) is 28.2 Å². The third-order valence-corrected chi connectivity index (χ3v) is 4.36. The van der Waals surface area contributed by atoms with Crippen LogP contribution >= 0.6 is 23.2 Å². The summed E-state index contributed by atoms with van der Waals surface area (Å²) in [6.45, 7) is 4.82. The standard InChI is InChI=1S/C15H19Cl2NO3/c1-10-8-18(9-11(10)15(19)20-2)6-7-21-14-12(16)4-3-5-13(14)17/h3-5,10-11H,6-9H2,1-2H3. The van der Waals surface area contributed by atoms with Gasteiger partial charge in [0.25, 0.3) is 0 Å². The number of esters is 1. The molecule has 116 valence electrons. The number of benzene rings is 1. The van der Waals surface area contributed by atoms with Crippen molar-refractivity contribution >= 4 is 29.2 Å². The van der Waals surface area contributed by atoms with E-state index in [-0.39, 0.29) is 11.9 Å². The van der Waals surface area contributed by atoms with Gasteiger partial charge in [0.2, 0.25) is 0 Å². The first-order valence-electron chi connectivity index (χ1n) is 6.90. The maximum Gasteiger partial charge on any atom is 0.310 e. The lowest BCUT2D eigenvalue weighted by Crippen LogP contribution is -2.28. The Balaban J connectivity index is 1.84. The molecule has 1 aliphatic rings. The van der Waals surface area contributed by atoms with Crippen molar-refractivity contribution in [3.8, 4) is 5.75 Å². The van der Waals surface area contributed by atoms with Crippen molar-refractivity contribution in [1.82, 2.24) is 4.90 Å². The fraction of sp³-hybridized carbons (Fsp3) is 0.533. The van der Waals surface area contributed by atoms with Gasteiger partial charge in [0.1, 0.15) is 6.61 Å². The lowest BCUT2D eigenvalue weighted by molar-refractivity contribution is -0.146. The topological polar surface area (TPSA) is 38.8 Å². The first-order valence-corrected chi connectivity index (χ1v) is 7.65. The van der Waals surface area contributed by atoms with E-state index in [2.05, 4.69) is 11.8 Å². The largest absolute Gasteiger partial charge is 0.489 e. The summed E-state index contributed by atoms with van der Waals surface area (Å²) in [5, 5.41) is 1.01. The average Bonchev–Trinajstić information content (AvgIpc) is 2.82. The highest BCUT2D eigenvalue weighted by Crippen LogP contribution is 2.32. The quantitative estimate of drug-likeness (QED) is 0.777. The van der Waals surface area contributed by atoms with E-state index in [4.69, 9.17) is 32.7 Å². The smallest absolute Gasteiger partial charge is 0.310 e. The van der Waals surface area contributed by atoms with Gasteiger partial charge < -0.3 is 9.47 Å². The van der Waals surface area contributed by atoms with Gasteiger partial charge in [-0.1, -0.05) is 36.2 Å². The van der Waals surface area contributed by atoms with Gasteiger partial charge in [-0.05, 0) is 18.1 Å². The van der Waals surface area contributed by atoms with Gasteiger partial charge in [0.15, 0.2) is 5.75 Å². The van der Waals surface area contributed by atoms with E-state index in [0.29, 0.717) is 34.9 Å². The van der Waals surface area contributed by atoms with Gasteiger partial charge in [-0.2, -0.15) is 0 Å². The summed E-state index contributed by atoms with van der Waals surface area (Å²) >= 11 is 12.1. The molecule has 0 amide bonds. The molecule has 6 heteroatoms. The van der Waals surface area contributed by atoms with Gasteiger partial charge in [-0.25, -0.2) is 0 Å². The number of carbonyl (C=O) groups excluding carboxylic acids is 1. The van der Waals surface area contributed by atoms with Crippen LogP contribution in [0.25, 0.3) is 0 Å². The van der Waals surface area contributed by atoms with Crippen molar-refractivity contribution in [1.29, 1.82) is 0 Å². The second kappa shape index (κ2) is 7.34. The van der Waals surface area contributed by atoms with E-state index in [1.54, 1.807) is 18.2 Å². The van der Waals surface area contributed by atoms with Crippen LogP contribution in [0, 0.1) is 11.8 Å². The Bertz CT molecular complexity index is 489. The maximum atomic E-state index is 11.6. The SMILES string of the molecule is COC(=O)C1CN(CCOc2c(Cl)cccc2Cl)CC1C. The van der Waals surface area contributed by atoms with Crippen LogP contribution in [0.3, 0.4) is 0 Å². The number of methoxy groups -OCH3 is 1. The second-order valence-corrected chi connectivity index (χ2v) is 6.08. The predicted molar refractivity (Wildman–Crippen MR) is 83.1 cm³/mol. The fourth-order valence-corrected chi connectivity index (χ4v) is 3.11. The molecule has 2 unspecified atom stereocenters. The lowest BCUT2D eigenvalue weighted by atomic mass is 9.99. The molecule has 21 heavy (non-hydrogen) atoms. The number of nitrogens with zero attached hydrogens (tertiary/aromatic N) is 1. The zero-order valence-electron chi connectivity index (χ0n) is 12.1. The number of likely N-dealkylation sites (tertiary alicyclic amines) is 1. The molecule has 2 rings (SSSR count). The minimum atomic E-state index is -0.139. The molecular weight excluding hydrogens is 313 g/mol. The fourth-order valence-electron chi connectivity index (χ4n) is 2.61. The van der Waals surface area contributed by atoms with Crippen LogP contribution in [0.2, 0.25) is 10.0 Å². The highest BCUT2D eigenvalue weighted by molar-refractivity contribution is 6.37. The molecule has 1 aromatic carbocycles. The van der Waals surface area contributed by atoms with Crippen LogP contribution in [-0.2, 0) is 9.53 Å². The number of hydrogen-bond acceptors (Lipinski definition) is 4. The van der Waals surface area contributed by atoms with Gasteiger partial charge in [0.05, 0.1) is 23.1 Å². The van der Waals surface area contributed by atoms with Crippen LogP contribution in [0.5, 0.6) is 5.75 Å². The van der Waals surface area contributed by atoms with Crippen LogP contribution in [0.1, 0.15) is 6.92 Å². The molecule has 1 saturated heterocycles. The Morgan fingerprint density at radius 3 is 2.62 bits per heavy atom. The monoisotopic (exact) mass is 331 g/mol. The van der Waals surface area contributed by atoms with Crippen molar-refractivity contribution < 1.29 is 14.3 Å². The molecule has 4 nitrogen and oxygen atoms in total. The van der Waals surface area contributed by atoms with Crippen molar-refractivity contribution in [2.45, 2.75) is 6.92 Å². The van der Waals surface area contributed by atoms with Gasteiger partial charge in [-0.3, -0.25) is 9.69 Å². The van der Waals surface area contributed by atoms with Crippen LogP contribution in [0.4, 0.5) is 0 Å². The Labute approximate surface area is 134 Å². The predicted octanol–water partition coefficient (Wildman–Crippen LogP) is 3.11. The molecule has 0 radical (unpaired) electrons. The summed E-state index contributed by atoms with van der Waals surface area (Å²) in [6.07, 6.45) is 0. The summed E-state index contributed by atoms with van der Waals surface area (Å²) in [5.74, 6) is 0.609. The average molecular weight is 332 g/mol. The van der Waals surface area contributed by atoms with Crippen molar-refractivity contribution in [3.63, 3.8) is 0 Å². The van der Waals surface area contributed by atoms with E-state index >= 15 is 0 Å². The van der Waals surface area contributed by atoms with E-state index in [1.165, 1.54) is 7.11 Å². The Morgan fingerprint density at radius 1 is 1.33 bits per heavy atom. The van der Waals surface area contributed by atoms with E-state index in [0.717, 1.165) is 13.1 Å². The lowest BCUT2D eigenvalue weighted by Gasteiger charge is -2.16. The molecular formula is C15H19Cl2NO3. The van der Waals surface area contributed by atoms with Crippen LogP contribution in [0.15, 0.2) is 18.2 Å². The number of ether oxygens (including phenoxy) is 2. The maximum absolute atomic E-state index is 11.6. The number of hydrogen-bond donors (Lipinski definition) is 0. The normalized spacial score (nSPS) is 22.3. The molecule has 0 N–H and O–H groups in total. The summed E-state index contributed by atoms with van der Waals surface area (Å²) in [5.41, 5.74) is 0. The van der Waals surface area contributed by atoms with Gasteiger partial charge >= 0.3 is 5.97 Å². The highest BCUT2D eigenvalue weighted by Gasteiger charge is 2.35. The Kier molecular flexibility index (Phi) is 5.73. The van der Waals surface area contributed by atoms with E-state index in [1.807, 2.05) is 0 Å². The molecule has 1 aromatic rings. The molecule has 0 aromatic heterocycles. The zero-order chi connectivity index (χ0) is 15.4. The number of rotatable bonds is 5. The summed E-state index contributed by atoms with van der Waals surface area (Å²) in [6, 6.07) is 5.27. The molecule has 1 aliphatic heterocycles. The molecule has 2 atom stereocenters. The van der Waals surface area contributed by atoms with Gasteiger partial charge in [0, 0.05) is 19.6 Å². The molecule has 0 spiro atoms. The number of para-hydroxylation sites is 1. The molecule has 0 saturated carbocycles. The second-order valence-electron chi connectivity index (χ2n) is 5.27. The molecule has 1 heterocycles. The summed E-state index contributed by atoms with van der Waals surface area (Å²) in [7, 11) is 1.43. The van der Waals surface area contributed by atoms with Crippen molar-refractivity contribution in [2.24, 2.45) is 11.8 Å². The molecule has 0 aliphatic carbocycles. The molecule has 1 fully saturated rings. The van der Waals surface area contributed by atoms with Crippen LogP contribution in [-0.4, -0.2) is 44.2 Å². The van der Waals surface area contributed by atoms with Gasteiger partial charge in [-0.15, -0.1) is 0 Å². The molecule has 0 bridgehead atoms. The number of carbonyl (C=O) groups is 1. The number of halogens is 2. The first kappa shape index (κ1) is 16.4.